The Morgan fingerprint density at radius 2 is 2.03 bits per heavy atom. The average Bonchev–Trinajstić information content (AvgIpc) is 3.09. The molecule has 0 aliphatic heterocycles. The summed E-state index contributed by atoms with van der Waals surface area (Å²) < 4.78 is 11.6. The molecule has 1 heterocycles. The lowest BCUT2D eigenvalue weighted by atomic mass is 9.53. The van der Waals surface area contributed by atoms with E-state index in [1.807, 2.05) is 44.2 Å². The zero-order valence-electron chi connectivity index (χ0n) is 16.9. The summed E-state index contributed by atoms with van der Waals surface area (Å²) in [7, 11) is 0. The Morgan fingerprint density at radius 1 is 1.31 bits per heavy atom. The van der Waals surface area contributed by atoms with Crippen molar-refractivity contribution < 1.29 is 23.8 Å². The highest BCUT2D eigenvalue weighted by atomic mass is 16.5. The van der Waals surface area contributed by atoms with E-state index in [0.717, 1.165) is 11.1 Å². The fraction of sp³-hybridized carbons (Fsp3) is 0.417. The summed E-state index contributed by atoms with van der Waals surface area (Å²) in [6.07, 6.45) is 4.12. The first-order valence-electron chi connectivity index (χ1n) is 10.1. The number of benzene rings is 1. The van der Waals surface area contributed by atoms with Crippen molar-refractivity contribution in [2.45, 2.75) is 45.8 Å². The topological polar surface area (TPSA) is 76.7 Å². The summed E-state index contributed by atoms with van der Waals surface area (Å²) in [5, 5.41) is 11.0. The normalized spacial score (nSPS) is 31.4. The molecule has 2 aliphatic rings. The van der Waals surface area contributed by atoms with Crippen LogP contribution in [0.15, 0.2) is 47.1 Å². The van der Waals surface area contributed by atoms with Gasteiger partial charge in [0.15, 0.2) is 0 Å². The van der Waals surface area contributed by atoms with Gasteiger partial charge in [-0.1, -0.05) is 44.2 Å². The van der Waals surface area contributed by atoms with Gasteiger partial charge in [-0.15, -0.1) is 0 Å². The maximum absolute atomic E-state index is 12.8. The fourth-order valence-electron chi connectivity index (χ4n) is 4.99. The van der Waals surface area contributed by atoms with Crippen molar-refractivity contribution in [2.75, 3.05) is 0 Å². The van der Waals surface area contributed by atoms with E-state index in [2.05, 4.69) is 6.92 Å². The number of furan rings is 1. The molecule has 0 radical (unpaired) electrons. The summed E-state index contributed by atoms with van der Waals surface area (Å²) in [5.41, 5.74) is 1.70. The minimum atomic E-state index is -1.02. The Bertz CT molecular complexity index is 957. The van der Waals surface area contributed by atoms with E-state index >= 15 is 0 Å². The lowest BCUT2D eigenvalue weighted by molar-refractivity contribution is -0.180. The average molecular weight is 394 g/mol. The third kappa shape index (κ3) is 3.14. The van der Waals surface area contributed by atoms with Crippen LogP contribution in [0.1, 0.15) is 61.3 Å². The number of ether oxygens (including phenoxy) is 1. The Kier molecular flexibility index (Phi) is 4.95. The Labute approximate surface area is 170 Å². The predicted octanol–water partition coefficient (Wildman–Crippen LogP) is 4.55. The minimum Gasteiger partial charge on any atom is -0.466 e. The van der Waals surface area contributed by atoms with Crippen LogP contribution in [0.4, 0.5) is 0 Å². The van der Waals surface area contributed by atoms with Gasteiger partial charge in [-0.25, -0.2) is 4.79 Å². The quantitative estimate of drug-likeness (QED) is 0.610. The lowest BCUT2D eigenvalue weighted by Gasteiger charge is -2.53. The van der Waals surface area contributed by atoms with Crippen molar-refractivity contribution in [2.24, 2.45) is 17.3 Å². The maximum Gasteiger partial charge on any atom is 0.331 e. The minimum absolute atomic E-state index is 0.00122. The highest BCUT2D eigenvalue weighted by Crippen LogP contribution is 2.61. The predicted molar refractivity (Wildman–Crippen MR) is 108 cm³/mol. The van der Waals surface area contributed by atoms with E-state index < -0.39 is 29.5 Å². The van der Waals surface area contributed by atoms with Gasteiger partial charge in [-0.05, 0) is 36.5 Å². The molecule has 2 aromatic rings. The van der Waals surface area contributed by atoms with Crippen LogP contribution < -0.4 is 0 Å². The van der Waals surface area contributed by atoms with Gasteiger partial charge in [0.1, 0.15) is 23.8 Å². The molecular formula is C24H26O5. The van der Waals surface area contributed by atoms with Crippen LogP contribution in [0.5, 0.6) is 0 Å². The van der Waals surface area contributed by atoms with E-state index in [4.69, 9.17) is 9.15 Å². The molecular weight excluding hydrogens is 368 g/mol. The molecule has 1 fully saturated rings. The summed E-state index contributed by atoms with van der Waals surface area (Å²) >= 11 is 0. The number of aliphatic hydroxyl groups is 1. The Morgan fingerprint density at radius 3 is 2.76 bits per heavy atom. The molecule has 1 aromatic heterocycles. The monoisotopic (exact) mass is 394 g/mol. The molecule has 2 aliphatic carbocycles. The second-order valence-corrected chi connectivity index (χ2v) is 8.45. The van der Waals surface area contributed by atoms with Gasteiger partial charge < -0.3 is 14.3 Å². The zero-order chi connectivity index (χ0) is 20.8. The van der Waals surface area contributed by atoms with E-state index in [-0.39, 0.29) is 11.7 Å². The third-order valence-corrected chi connectivity index (χ3v) is 6.81. The number of carbonyl (C=O) groups excluding carboxylic acids is 2. The zero-order valence-corrected chi connectivity index (χ0v) is 16.9. The first-order chi connectivity index (χ1) is 13.8. The van der Waals surface area contributed by atoms with Gasteiger partial charge in [-0.2, -0.15) is 0 Å². The van der Waals surface area contributed by atoms with Crippen LogP contribution in [0.25, 0.3) is 6.08 Å². The Hall–Kier alpha value is -2.66. The summed E-state index contributed by atoms with van der Waals surface area (Å²) in [4.78, 5) is 25.5. The molecule has 0 bridgehead atoms. The lowest BCUT2D eigenvalue weighted by Crippen LogP contribution is -2.53. The number of esters is 1. The summed E-state index contributed by atoms with van der Waals surface area (Å²) in [6, 6.07) is 9.51. The number of hydrogen-bond acceptors (Lipinski definition) is 5. The van der Waals surface area contributed by atoms with E-state index in [1.54, 1.807) is 12.3 Å². The number of aryl methyl sites for hydroxylation is 1. The van der Waals surface area contributed by atoms with Crippen molar-refractivity contribution in [3.8, 4) is 0 Å². The van der Waals surface area contributed by atoms with Crippen LogP contribution >= 0.6 is 0 Å². The van der Waals surface area contributed by atoms with E-state index in [0.29, 0.717) is 24.2 Å². The highest BCUT2D eigenvalue weighted by Gasteiger charge is 2.61. The molecule has 29 heavy (non-hydrogen) atoms. The first kappa shape index (κ1) is 19.6. The third-order valence-electron chi connectivity index (χ3n) is 6.81. The smallest absolute Gasteiger partial charge is 0.331 e. The molecule has 1 saturated carbocycles. The van der Waals surface area contributed by atoms with Crippen molar-refractivity contribution in [1.82, 2.24) is 0 Å². The number of fused-ring (bicyclic) bond motifs is 2. The molecule has 5 heteroatoms. The molecule has 4 rings (SSSR count). The fourth-order valence-corrected chi connectivity index (χ4v) is 4.99. The van der Waals surface area contributed by atoms with Crippen LogP contribution in [0.3, 0.4) is 0 Å². The van der Waals surface area contributed by atoms with Gasteiger partial charge in [0.2, 0.25) is 0 Å². The molecule has 5 atom stereocenters. The summed E-state index contributed by atoms with van der Waals surface area (Å²) in [6.45, 7) is 5.89. The molecule has 0 saturated heterocycles. The second kappa shape index (κ2) is 7.30. The van der Waals surface area contributed by atoms with Gasteiger partial charge in [0.05, 0.1) is 12.2 Å². The molecule has 1 aromatic carbocycles. The SMILES string of the molecule is Cc1coc2c1[C@@H](OC(=O)C=Cc1ccccc1)[C@@]1(C)[C@H](C(=O)CC[C@@H]1C)[C@H]2O. The van der Waals surface area contributed by atoms with E-state index in [9.17, 15) is 14.7 Å². The molecule has 152 valence electrons. The van der Waals surface area contributed by atoms with Crippen LogP contribution in [0, 0.1) is 24.2 Å². The van der Waals surface area contributed by atoms with Crippen molar-refractivity contribution in [3.63, 3.8) is 0 Å². The second-order valence-electron chi connectivity index (χ2n) is 8.45. The number of carbonyl (C=O) groups is 2. The number of aliphatic hydroxyl groups excluding tert-OH is 1. The van der Waals surface area contributed by atoms with Crippen molar-refractivity contribution in [3.05, 3.63) is 65.1 Å². The highest BCUT2D eigenvalue weighted by molar-refractivity contribution is 5.88. The Balaban J connectivity index is 1.72. The molecule has 0 amide bonds. The maximum atomic E-state index is 12.8. The van der Waals surface area contributed by atoms with Crippen molar-refractivity contribution in [1.29, 1.82) is 0 Å². The molecule has 1 N–H and O–H groups in total. The van der Waals surface area contributed by atoms with Crippen molar-refractivity contribution >= 4 is 17.8 Å². The first-order valence-corrected chi connectivity index (χ1v) is 10.1. The summed E-state index contributed by atoms with van der Waals surface area (Å²) in [5.74, 6) is -0.693. The van der Waals surface area contributed by atoms with E-state index in [1.165, 1.54) is 6.08 Å². The number of ketones is 1. The van der Waals surface area contributed by atoms with Gasteiger partial charge in [0.25, 0.3) is 0 Å². The van der Waals surface area contributed by atoms with Gasteiger partial charge in [0, 0.05) is 23.5 Å². The van der Waals surface area contributed by atoms with Crippen LogP contribution in [0.2, 0.25) is 0 Å². The number of Topliss-reactive ketones (excluding diaryl/α,β-unsaturated/α-hetero) is 1. The number of rotatable bonds is 3. The molecule has 5 nitrogen and oxygen atoms in total. The van der Waals surface area contributed by atoms with Crippen LogP contribution in [-0.4, -0.2) is 16.9 Å². The van der Waals surface area contributed by atoms with Gasteiger partial charge in [-0.3, -0.25) is 4.79 Å². The standard InChI is InChI=1S/C24H26O5/c1-14-13-28-22-19(14)23(29-18(26)12-10-16-7-5-4-6-8-16)24(3)15(2)9-11-17(25)20(24)21(22)27/h4-8,10,12-13,15,20-21,23,27H,9,11H2,1-3H3/t15-,20+,21+,23+,24+/m0/s1. The van der Waals surface area contributed by atoms with Gasteiger partial charge >= 0.3 is 5.97 Å². The largest absolute Gasteiger partial charge is 0.466 e. The number of hydrogen-bond donors (Lipinski definition) is 1. The molecule has 0 spiro atoms. The van der Waals surface area contributed by atoms with Crippen LogP contribution in [-0.2, 0) is 14.3 Å². The molecule has 0 unspecified atom stereocenters.